The molecule has 0 bridgehead atoms. The van der Waals surface area contributed by atoms with Gasteiger partial charge in [0, 0.05) is 12.6 Å². The van der Waals surface area contributed by atoms with Crippen LogP contribution >= 0.6 is 0 Å². The molecule has 0 aliphatic rings. The first kappa shape index (κ1) is 12.3. The quantitative estimate of drug-likeness (QED) is 0.590. The number of rotatable bonds is 5. The average molecular weight is 219 g/mol. The van der Waals surface area contributed by atoms with E-state index in [2.05, 4.69) is 12.2 Å². The molecule has 3 nitrogen and oxygen atoms in total. The lowest BCUT2D eigenvalue weighted by atomic mass is 10.2. The molecule has 1 amide bonds. The molecule has 0 saturated carbocycles. The minimum Gasteiger partial charge on any atom is -0.508 e. The van der Waals surface area contributed by atoms with Crippen molar-refractivity contribution in [3.63, 3.8) is 0 Å². The average Bonchev–Trinajstić information content (AvgIpc) is 2.27. The Bertz CT molecular complexity index is 372. The van der Waals surface area contributed by atoms with Gasteiger partial charge in [0.25, 0.3) is 0 Å². The molecule has 1 aromatic rings. The lowest BCUT2D eigenvalue weighted by Gasteiger charge is -1.99. The summed E-state index contributed by atoms with van der Waals surface area (Å²) in [6, 6.07) is 6.77. The van der Waals surface area contributed by atoms with Crippen LogP contribution < -0.4 is 5.32 Å². The molecule has 0 aromatic heterocycles. The van der Waals surface area contributed by atoms with Gasteiger partial charge in [-0.1, -0.05) is 25.5 Å². The van der Waals surface area contributed by atoms with E-state index in [0.717, 1.165) is 18.4 Å². The number of unbranched alkanes of at least 4 members (excludes halogenated alkanes) is 1. The molecule has 1 rings (SSSR count). The Kier molecular flexibility index (Phi) is 5.12. The van der Waals surface area contributed by atoms with Crippen molar-refractivity contribution in [1.29, 1.82) is 0 Å². The van der Waals surface area contributed by atoms with Crippen LogP contribution in [0.5, 0.6) is 5.75 Å². The highest BCUT2D eigenvalue weighted by Crippen LogP contribution is 2.11. The second kappa shape index (κ2) is 6.67. The highest BCUT2D eigenvalue weighted by atomic mass is 16.3. The van der Waals surface area contributed by atoms with Gasteiger partial charge in [0.1, 0.15) is 5.75 Å². The normalized spacial score (nSPS) is 10.6. The van der Waals surface area contributed by atoms with Crippen LogP contribution in [-0.2, 0) is 4.79 Å². The molecule has 1 aromatic carbocycles. The van der Waals surface area contributed by atoms with Crippen LogP contribution in [-0.4, -0.2) is 17.6 Å². The Balaban J connectivity index is 2.44. The molecule has 0 saturated heterocycles. The summed E-state index contributed by atoms with van der Waals surface area (Å²) in [7, 11) is 0. The van der Waals surface area contributed by atoms with Gasteiger partial charge < -0.3 is 10.4 Å². The van der Waals surface area contributed by atoms with Gasteiger partial charge >= 0.3 is 0 Å². The fraction of sp³-hybridized carbons (Fsp3) is 0.308. The largest absolute Gasteiger partial charge is 0.508 e. The highest BCUT2D eigenvalue weighted by Gasteiger charge is 1.94. The van der Waals surface area contributed by atoms with Crippen molar-refractivity contribution in [2.75, 3.05) is 6.54 Å². The van der Waals surface area contributed by atoms with E-state index in [1.54, 1.807) is 24.3 Å². The number of carbonyl (C=O) groups is 1. The number of nitrogens with one attached hydrogen (secondary N) is 1. The molecule has 0 unspecified atom stereocenters. The zero-order valence-corrected chi connectivity index (χ0v) is 9.44. The summed E-state index contributed by atoms with van der Waals surface area (Å²) in [5.74, 6) is 0.102. The fourth-order valence-electron chi connectivity index (χ4n) is 1.25. The number of amides is 1. The number of benzene rings is 1. The second-order valence-electron chi connectivity index (χ2n) is 3.57. The lowest BCUT2D eigenvalue weighted by Crippen LogP contribution is -2.21. The predicted molar refractivity (Wildman–Crippen MR) is 65.1 cm³/mol. The first-order valence-electron chi connectivity index (χ1n) is 5.47. The summed E-state index contributed by atoms with van der Waals surface area (Å²) in [6.45, 7) is 2.79. The fourth-order valence-corrected chi connectivity index (χ4v) is 1.25. The molecule has 0 spiro atoms. The summed E-state index contributed by atoms with van der Waals surface area (Å²) in [5.41, 5.74) is 0.811. The number of hydrogen-bond donors (Lipinski definition) is 2. The van der Waals surface area contributed by atoms with Gasteiger partial charge in [-0.15, -0.1) is 0 Å². The van der Waals surface area contributed by atoms with Crippen molar-refractivity contribution >= 4 is 12.0 Å². The maximum absolute atomic E-state index is 11.3. The monoisotopic (exact) mass is 219 g/mol. The van der Waals surface area contributed by atoms with Gasteiger partial charge in [-0.3, -0.25) is 4.79 Å². The smallest absolute Gasteiger partial charge is 0.243 e. The van der Waals surface area contributed by atoms with E-state index in [1.807, 2.05) is 6.07 Å². The molecule has 0 atom stereocenters. The van der Waals surface area contributed by atoms with Gasteiger partial charge in [-0.2, -0.15) is 0 Å². The Morgan fingerprint density at radius 1 is 1.50 bits per heavy atom. The molecular formula is C13H17NO2. The maximum Gasteiger partial charge on any atom is 0.243 e. The third kappa shape index (κ3) is 4.64. The summed E-state index contributed by atoms with van der Waals surface area (Å²) >= 11 is 0. The minimum atomic E-state index is -0.100. The second-order valence-corrected chi connectivity index (χ2v) is 3.57. The zero-order chi connectivity index (χ0) is 11.8. The van der Waals surface area contributed by atoms with Crippen LogP contribution in [0.3, 0.4) is 0 Å². The van der Waals surface area contributed by atoms with Crippen molar-refractivity contribution in [3.8, 4) is 5.75 Å². The number of hydrogen-bond acceptors (Lipinski definition) is 2. The van der Waals surface area contributed by atoms with E-state index in [1.165, 1.54) is 6.08 Å². The van der Waals surface area contributed by atoms with Crippen molar-refractivity contribution < 1.29 is 9.90 Å². The number of aromatic hydroxyl groups is 1. The van der Waals surface area contributed by atoms with Crippen LogP contribution in [0.1, 0.15) is 25.3 Å². The number of phenols is 1. The topological polar surface area (TPSA) is 49.3 Å². The molecule has 0 aliphatic heterocycles. The van der Waals surface area contributed by atoms with Gasteiger partial charge in [0.05, 0.1) is 0 Å². The van der Waals surface area contributed by atoms with Crippen molar-refractivity contribution in [2.24, 2.45) is 0 Å². The zero-order valence-electron chi connectivity index (χ0n) is 9.44. The lowest BCUT2D eigenvalue weighted by molar-refractivity contribution is -0.116. The Morgan fingerprint density at radius 3 is 3.00 bits per heavy atom. The molecule has 0 radical (unpaired) electrons. The molecule has 0 aliphatic carbocycles. The predicted octanol–water partition coefficient (Wildman–Crippen LogP) is 2.32. The first-order valence-corrected chi connectivity index (χ1v) is 5.47. The van der Waals surface area contributed by atoms with Crippen LogP contribution in [0, 0.1) is 0 Å². The van der Waals surface area contributed by atoms with Crippen LogP contribution in [0.25, 0.3) is 6.08 Å². The number of carbonyl (C=O) groups excluding carboxylic acids is 1. The summed E-state index contributed by atoms with van der Waals surface area (Å²) in [6.07, 6.45) is 5.22. The Labute approximate surface area is 95.8 Å². The van der Waals surface area contributed by atoms with Gasteiger partial charge in [0.2, 0.25) is 5.91 Å². The minimum absolute atomic E-state index is 0.100. The Morgan fingerprint density at radius 2 is 2.31 bits per heavy atom. The molecule has 86 valence electrons. The molecule has 0 fully saturated rings. The standard InChI is InChI=1S/C13H17NO2/c1-2-3-9-14-13(16)8-7-11-5-4-6-12(15)10-11/h4-8,10,15H,2-3,9H2,1H3,(H,14,16). The van der Waals surface area contributed by atoms with E-state index < -0.39 is 0 Å². The van der Waals surface area contributed by atoms with E-state index >= 15 is 0 Å². The summed E-state index contributed by atoms with van der Waals surface area (Å²) in [5, 5.41) is 12.0. The first-order chi connectivity index (χ1) is 7.72. The summed E-state index contributed by atoms with van der Waals surface area (Å²) < 4.78 is 0. The van der Waals surface area contributed by atoms with Crippen LogP contribution in [0.4, 0.5) is 0 Å². The molecule has 2 N–H and O–H groups in total. The molecule has 0 heterocycles. The maximum atomic E-state index is 11.3. The van der Waals surface area contributed by atoms with Gasteiger partial charge in [0.15, 0.2) is 0 Å². The van der Waals surface area contributed by atoms with Crippen LogP contribution in [0.2, 0.25) is 0 Å². The number of phenolic OH excluding ortho intramolecular Hbond substituents is 1. The van der Waals surface area contributed by atoms with E-state index in [-0.39, 0.29) is 11.7 Å². The Hall–Kier alpha value is -1.77. The van der Waals surface area contributed by atoms with E-state index in [4.69, 9.17) is 0 Å². The SMILES string of the molecule is CCCCNC(=O)C=Cc1cccc(O)c1. The van der Waals surface area contributed by atoms with Crippen molar-refractivity contribution in [3.05, 3.63) is 35.9 Å². The summed E-state index contributed by atoms with van der Waals surface area (Å²) in [4.78, 5) is 11.3. The highest BCUT2D eigenvalue weighted by molar-refractivity contribution is 5.91. The van der Waals surface area contributed by atoms with E-state index in [0.29, 0.717) is 6.54 Å². The third-order valence-electron chi connectivity index (χ3n) is 2.13. The van der Waals surface area contributed by atoms with Crippen molar-refractivity contribution in [2.45, 2.75) is 19.8 Å². The molecular weight excluding hydrogens is 202 g/mol. The van der Waals surface area contributed by atoms with E-state index in [9.17, 15) is 9.90 Å². The molecule has 3 heteroatoms. The third-order valence-corrected chi connectivity index (χ3v) is 2.13. The van der Waals surface area contributed by atoms with Gasteiger partial charge in [-0.25, -0.2) is 0 Å². The molecule has 16 heavy (non-hydrogen) atoms. The van der Waals surface area contributed by atoms with Crippen molar-refractivity contribution in [1.82, 2.24) is 5.32 Å². The van der Waals surface area contributed by atoms with Gasteiger partial charge in [-0.05, 0) is 30.2 Å². The van der Waals surface area contributed by atoms with Crippen LogP contribution in [0.15, 0.2) is 30.3 Å².